The summed E-state index contributed by atoms with van der Waals surface area (Å²) in [6.07, 6.45) is -1.66. The van der Waals surface area contributed by atoms with E-state index in [-0.39, 0.29) is 5.96 Å². The second kappa shape index (κ2) is 6.24. The molecule has 1 rings (SSSR count). The van der Waals surface area contributed by atoms with Gasteiger partial charge in [0.05, 0.1) is 19.9 Å². The molecule has 0 bridgehead atoms. The monoisotopic (exact) mass is 251 g/mol. The lowest BCUT2D eigenvalue weighted by molar-refractivity contribution is 0.181. The molecule has 0 unspecified atom stereocenters. The zero-order valence-corrected chi connectivity index (χ0v) is 9.99. The highest BCUT2D eigenvalue weighted by molar-refractivity contribution is 6.15. The van der Waals surface area contributed by atoms with Crippen molar-refractivity contribution in [1.29, 1.82) is 0 Å². The molecule has 0 aliphatic carbocycles. The van der Waals surface area contributed by atoms with Gasteiger partial charge in [-0.15, -0.1) is 4.99 Å². The molecule has 18 heavy (non-hydrogen) atoms. The maximum Gasteiger partial charge on any atom is 0.436 e. The van der Waals surface area contributed by atoms with E-state index >= 15 is 0 Å². The van der Waals surface area contributed by atoms with Crippen molar-refractivity contribution in [1.82, 2.24) is 0 Å². The summed E-state index contributed by atoms with van der Waals surface area (Å²) in [5.74, 6) is -0.333. The molecule has 0 aliphatic rings. The summed E-state index contributed by atoms with van der Waals surface area (Å²) in [5, 5.41) is 0. The first-order valence-corrected chi connectivity index (χ1v) is 4.95. The minimum absolute atomic E-state index is 0.333. The molecule has 1 aromatic rings. The molecule has 0 fully saturated rings. The van der Waals surface area contributed by atoms with Crippen LogP contribution in [-0.4, -0.2) is 32.4 Å². The van der Waals surface area contributed by atoms with Crippen LogP contribution in [0, 0.1) is 0 Å². The van der Waals surface area contributed by atoms with Crippen molar-refractivity contribution in [3.8, 4) is 0 Å². The zero-order chi connectivity index (χ0) is 13.5. The second-order valence-corrected chi connectivity index (χ2v) is 3.08. The molecule has 2 N–H and O–H groups in total. The third-order valence-electron chi connectivity index (χ3n) is 1.98. The Balaban J connectivity index is 3.11. The van der Waals surface area contributed by atoms with E-state index in [1.807, 2.05) is 0 Å². The predicted octanol–water partition coefficient (Wildman–Crippen LogP) is 1.34. The first-order chi connectivity index (χ1) is 8.60. The van der Waals surface area contributed by atoms with Gasteiger partial charge in [-0.1, -0.05) is 18.2 Å². The number of nitrogens with zero attached hydrogens (tertiary/aromatic N) is 2. The molecule has 1 aromatic carbocycles. The number of carbonyl (C=O) groups is 2. The van der Waals surface area contributed by atoms with E-state index in [2.05, 4.69) is 14.5 Å². The quantitative estimate of drug-likeness (QED) is 0.600. The smallest absolute Gasteiger partial charge is 0.436 e. The number of guanidine groups is 1. The molecule has 96 valence electrons. The molecule has 0 aromatic heterocycles. The topological polar surface area (TPSA) is 94.2 Å². The summed E-state index contributed by atoms with van der Waals surface area (Å²) in [6.45, 7) is 0. The first-order valence-electron chi connectivity index (χ1n) is 4.95. The van der Waals surface area contributed by atoms with Crippen LogP contribution < -0.4 is 10.6 Å². The lowest BCUT2D eigenvalue weighted by atomic mass is 10.3. The Labute approximate surface area is 104 Å². The highest BCUT2D eigenvalue weighted by Crippen LogP contribution is 2.14. The van der Waals surface area contributed by atoms with E-state index in [0.717, 1.165) is 12.0 Å². The van der Waals surface area contributed by atoms with Crippen LogP contribution in [0.3, 0.4) is 0 Å². The number of amides is 2. The molecule has 0 spiro atoms. The molecular formula is C11H13N3O4. The normalized spacial score (nSPS) is 10.7. The average Bonchev–Trinajstić information content (AvgIpc) is 2.39. The third kappa shape index (κ3) is 3.21. The minimum atomic E-state index is -0.905. The van der Waals surface area contributed by atoms with E-state index in [1.54, 1.807) is 30.3 Å². The van der Waals surface area contributed by atoms with Gasteiger partial charge in [0.25, 0.3) is 0 Å². The predicted molar refractivity (Wildman–Crippen MR) is 65.4 cm³/mol. The third-order valence-corrected chi connectivity index (χ3v) is 1.98. The van der Waals surface area contributed by atoms with Crippen molar-refractivity contribution in [3.05, 3.63) is 30.3 Å². The Kier molecular flexibility index (Phi) is 4.67. The molecule has 0 saturated heterocycles. The number of anilines is 1. The van der Waals surface area contributed by atoms with Crippen LogP contribution in [0.1, 0.15) is 0 Å². The number of nitrogens with two attached hydrogens (primary N) is 1. The maximum absolute atomic E-state index is 11.6. The van der Waals surface area contributed by atoms with Gasteiger partial charge in [0.2, 0.25) is 5.96 Å². The van der Waals surface area contributed by atoms with Gasteiger partial charge in [-0.05, 0) is 12.1 Å². The van der Waals surface area contributed by atoms with Crippen LogP contribution in [0.5, 0.6) is 0 Å². The summed E-state index contributed by atoms with van der Waals surface area (Å²) in [7, 11) is 2.35. The Morgan fingerprint density at radius 2 is 1.78 bits per heavy atom. The van der Waals surface area contributed by atoms with Gasteiger partial charge in [-0.2, -0.15) is 0 Å². The van der Waals surface area contributed by atoms with Crippen molar-refractivity contribution in [3.63, 3.8) is 0 Å². The lowest BCUT2D eigenvalue weighted by Gasteiger charge is -2.19. The van der Waals surface area contributed by atoms with Gasteiger partial charge < -0.3 is 15.2 Å². The lowest BCUT2D eigenvalue weighted by Crippen LogP contribution is -2.42. The number of rotatable bonds is 1. The first kappa shape index (κ1) is 13.5. The number of aliphatic imine (C=N–C) groups is 1. The van der Waals surface area contributed by atoms with Crippen LogP contribution in [0.25, 0.3) is 0 Å². The van der Waals surface area contributed by atoms with E-state index in [1.165, 1.54) is 7.11 Å². The Hall–Kier alpha value is -2.57. The molecule has 2 amide bonds. The number of hydrogen-bond donors (Lipinski definition) is 1. The molecule has 0 heterocycles. The van der Waals surface area contributed by atoms with E-state index in [9.17, 15) is 9.59 Å². The Morgan fingerprint density at radius 3 is 2.28 bits per heavy atom. The van der Waals surface area contributed by atoms with Gasteiger partial charge >= 0.3 is 12.2 Å². The van der Waals surface area contributed by atoms with Crippen molar-refractivity contribution in [2.45, 2.75) is 0 Å². The fourth-order valence-corrected chi connectivity index (χ4v) is 1.19. The molecule has 0 radical (unpaired) electrons. The van der Waals surface area contributed by atoms with E-state index < -0.39 is 12.2 Å². The Bertz CT molecular complexity index is 459. The van der Waals surface area contributed by atoms with Crippen LogP contribution in [0.2, 0.25) is 0 Å². The summed E-state index contributed by atoms with van der Waals surface area (Å²) >= 11 is 0. The second-order valence-electron chi connectivity index (χ2n) is 3.08. The summed E-state index contributed by atoms with van der Waals surface area (Å²) in [6, 6.07) is 8.42. The number of hydrogen-bond acceptors (Lipinski definition) is 4. The molecule has 0 aliphatic heterocycles. The van der Waals surface area contributed by atoms with Crippen molar-refractivity contribution in [2.75, 3.05) is 19.1 Å². The largest absolute Gasteiger partial charge is 0.452 e. The van der Waals surface area contributed by atoms with Gasteiger partial charge in [0, 0.05) is 0 Å². The van der Waals surface area contributed by atoms with Gasteiger partial charge in [-0.3, -0.25) is 0 Å². The van der Waals surface area contributed by atoms with Crippen molar-refractivity contribution in [2.24, 2.45) is 10.7 Å². The van der Waals surface area contributed by atoms with Crippen LogP contribution in [0.4, 0.5) is 15.3 Å². The standard InChI is InChI=1S/C11H13N3O4/c1-17-10(15)13-9(12)14(11(16)18-2)8-6-4-3-5-7-8/h3-7H,1-2H3,(H2,12,13,15). The number of ether oxygens (including phenoxy) is 2. The van der Waals surface area contributed by atoms with Crippen LogP contribution in [-0.2, 0) is 9.47 Å². The van der Waals surface area contributed by atoms with Crippen molar-refractivity contribution < 1.29 is 19.1 Å². The van der Waals surface area contributed by atoms with Crippen LogP contribution in [0.15, 0.2) is 35.3 Å². The average molecular weight is 251 g/mol. The molecule has 0 atom stereocenters. The number of methoxy groups -OCH3 is 2. The van der Waals surface area contributed by atoms with E-state index in [0.29, 0.717) is 5.69 Å². The van der Waals surface area contributed by atoms with Crippen molar-refractivity contribution >= 4 is 23.8 Å². The number of benzene rings is 1. The molecular weight excluding hydrogens is 238 g/mol. The Morgan fingerprint density at radius 1 is 1.17 bits per heavy atom. The van der Waals surface area contributed by atoms with Crippen LogP contribution >= 0.6 is 0 Å². The van der Waals surface area contributed by atoms with Gasteiger partial charge in [0.1, 0.15) is 0 Å². The maximum atomic E-state index is 11.6. The van der Waals surface area contributed by atoms with E-state index in [4.69, 9.17) is 5.73 Å². The molecule has 7 heteroatoms. The molecule has 0 saturated carbocycles. The fourth-order valence-electron chi connectivity index (χ4n) is 1.19. The summed E-state index contributed by atoms with van der Waals surface area (Å²) < 4.78 is 8.91. The van der Waals surface area contributed by atoms with Gasteiger partial charge in [-0.25, -0.2) is 14.5 Å². The summed E-state index contributed by atoms with van der Waals surface area (Å²) in [4.78, 5) is 27.0. The number of carbonyl (C=O) groups excluding carboxylic acids is 2. The number of para-hydroxylation sites is 1. The molecule has 7 nitrogen and oxygen atoms in total. The highest BCUT2D eigenvalue weighted by Gasteiger charge is 2.21. The van der Waals surface area contributed by atoms with Gasteiger partial charge in [0.15, 0.2) is 0 Å². The fraction of sp³-hybridized carbons (Fsp3) is 0.182. The summed E-state index contributed by atoms with van der Waals surface area (Å²) in [5.41, 5.74) is 6.00. The zero-order valence-electron chi connectivity index (χ0n) is 9.99. The highest BCUT2D eigenvalue weighted by atomic mass is 16.5. The SMILES string of the molecule is COC(=O)/N=C(\N)N(C(=O)OC)c1ccccc1. The minimum Gasteiger partial charge on any atom is -0.452 e.